The van der Waals surface area contributed by atoms with Crippen molar-refractivity contribution in [1.29, 1.82) is 0 Å². The van der Waals surface area contributed by atoms with Gasteiger partial charge in [-0.15, -0.1) is 0 Å². The van der Waals surface area contributed by atoms with Crippen LogP contribution in [0.5, 0.6) is 11.5 Å². The number of amides is 2. The van der Waals surface area contributed by atoms with E-state index in [1.54, 1.807) is 19.2 Å². The topological polar surface area (TPSA) is 79.9 Å². The number of hydrogen-bond acceptors (Lipinski definition) is 5. The number of likely N-dealkylation sites (tertiary alicyclic amines) is 1. The molecule has 2 unspecified atom stereocenters. The lowest BCUT2D eigenvalue weighted by atomic mass is 9.97. The Labute approximate surface area is 160 Å². The summed E-state index contributed by atoms with van der Waals surface area (Å²) in [6.07, 6.45) is 3.93. The van der Waals surface area contributed by atoms with Crippen molar-refractivity contribution in [2.45, 2.75) is 31.7 Å². The van der Waals surface area contributed by atoms with E-state index in [1.807, 2.05) is 17.0 Å². The number of piperidine rings is 1. The van der Waals surface area contributed by atoms with Crippen LogP contribution < -0.4 is 20.1 Å². The number of carbonyl (C=O) groups excluding carboxylic acids is 2. The highest BCUT2D eigenvalue weighted by molar-refractivity contribution is 5.82. The largest absolute Gasteiger partial charge is 0.493 e. The van der Waals surface area contributed by atoms with Crippen molar-refractivity contribution in [2.75, 3.05) is 39.9 Å². The highest BCUT2D eigenvalue weighted by atomic mass is 16.5. The summed E-state index contributed by atoms with van der Waals surface area (Å²) < 4.78 is 10.9. The standard InChI is InChI=1S/C20H29N3O4/c1-26-17-8-2-3-9-18(17)27-14-19(24)23-11-5-6-15(13-23)12-22-20(25)16-7-4-10-21-16/h2-3,8-9,15-16,21H,4-7,10-14H2,1H3,(H,22,25). The van der Waals surface area contributed by atoms with Gasteiger partial charge in [0.25, 0.3) is 5.91 Å². The van der Waals surface area contributed by atoms with Gasteiger partial charge in [0.2, 0.25) is 5.91 Å². The number of rotatable bonds is 7. The van der Waals surface area contributed by atoms with Gasteiger partial charge in [-0.05, 0) is 50.3 Å². The predicted octanol–water partition coefficient (Wildman–Crippen LogP) is 1.18. The number of carbonyl (C=O) groups is 2. The summed E-state index contributed by atoms with van der Waals surface area (Å²) in [6, 6.07) is 7.25. The van der Waals surface area contributed by atoms with Gasteiger partial charge < -0.3 is 25.0 Å². The number of nitrogens with zero attached hydrogens (tertiary/aromatic N) is 1. The third-order valence-corrected chi connectivity index (χ3v) is 5.23. The highest BCUT2D eigenvalue weighted by Gasteiger charge is 2.26. The molecular formula is C20H29N3O4. The van der Waals surface area contributed by atoms with Crippen LogP contribution >= 0.6 is 0 Å². The summed E-state index contributed by atoms with van der Waals surface area (Å²) in [6.45, 7) is 2.92. The summed E-state index contributed by atoms with van der Waals surface area (Å²) in [5.74, 6) is 1.52. The quantitative estimate of drug-likeness (QED) is 0.748. The second kappa shape index (κ2) is 9.60. The molecule has 0 aliphatic carbocycles. The molecule has 2 amide bonds. The van der Waals surface area contributed by atoms with Crippen LogP contribution in [0.2, 0.25) is 0 Å². The fraction of sp³-hybridized carbons (Fsp3) is 0.600. The van der Waals surface area contributed by atoms with Gasteiger partial charge in [0.05, 0.1) is 13.2 Å². The summed E-state index contributed by atoms with van der Waals surface area (Å²) in [4.78, 5) is 26.5. The van der Waals surface area contributed by atoms with Crippen LogP contribution in [0.1, 0.15) is 25.7 Å². The molecule has 0 spiro atoms. The van der Waals surface area contributed by atoms with E-state index in [-0.39, 0.29) is 24.5 Å². The lowest BCUT2D eigenvalue weighted by molar-refractivity contribution is -0.135. The van der Waals surface area contributed by atoms with Gasteiger partial charge in [-0.1, -0.05) is 12.1 Å². The van der Waals surface area contributed by atoms with E-state index in [9.17, 15) is 9.59 Å². The van der Waals surface area contributed by atoms with E-state index in [0.29, 0.717) is 30.5 Å². The third-order valence-electron chi connectivity index (χ3n) is 5.23. The van der Waals surface area contributed by atoms with Crippen molar-refractivity contribution in [1.82, 2.24) is 15.5 Å². The number of ether oxygens (including phenoxy) is 2. The average Bonchev–Trinajstić information content (AvgIpc) is 3.25. The van der Waals surface area contributed by atoms with Crippen molar-refractivity contribution in [3.63, 3.8) is 0 Å². The maximum atomic E-state index is 12.5. The fourth-order valence-electron chi connectivity index (χ4n) is 3.70. The normalized spacial score (nSPS) is 22.3. The average molecular weight is 375 g/mol. The molecule has 1 aromatic rings. The van der Waals surface area contributed by atoms with Crippen molar-refractivity contribution in [3.8, 4) is 11.5 Å². The summed E-state index contributed by atoms with van der Waals surface area (Å²) in [5, 5.41) is 6.25. The van der Waals surface area contributed by atoms with Crippen LogP contribution in [0, 0.1) is 5.92 Å². The van der Waals surface area contributed by atoms with Crippen molar-refractivity contribution >= 4 is 11.8 Å². The zero-order chi connectivity index (χ0) is 19.1. The first-order valence-corrected chi connectivity index (χ1v) is 9.72. The van der Waals surface area contributed by atoms with Gasteiger partial charge in [-0.25, -0.2) is 0 Å². The molecule has 2 heterocycles. The first-order chi connectivity index (χ1) is 13.2. The van der Waals surface area contributed by atoms with Crippen molar-refractivity contribution in [3.05, 3.63) is 24.3 Å². The first kappa shape index (κ1) is 19.5. The number of hydrogen-bond donors (Lipinski definition) is 2. The van der Waals surface area contributed by atoms with E-state index >= 15 is 0 Å². The lowest BCUT2D eigenvalue weighted by Gasteiger charge is -2.33. The Morgan fingerprint density at radius 1 is 1.22 bits per heavy atom. The maximum Gasteiger partial charge on any atom is 0.260 e. The van der Waals surface area contributed by atoms with E-state index in [4.69, 9.17) is 9.47 Å². The first-order valence-electron chi connectivity index (χ1n) is 9.72. The molecule has 7 heteroatoms. The minimum atomic E-state index is -0.0550. The molecule has 2 aliphatic rings. The Balaban J connectivity index is 1.44. The van der Waals surface area contributed by atoms with Crippen LogP contribution in [-0.2, 0) is 9.59 Å². The number of methoxy groups -OCH3 is 1. The molecule has 0 radical (unpaired) electrons. The van der Waals surface area contributed by atoms with Crippen LogP contribution in [0.25, 0.3) is 0 Å². The molecule has 0 saturated carbocycles. The number of nitrogens with one attached hydrogen (secondary N) is 2. The van der Waals surface area contributed by atoms with Gasteiger partial charge in [0.1, 0.15) is 0 Å². The smallest absolute Gasteiger partial charge is 0.260 e. The monoisotopic (exact) mass is 375 g/mol. The zero-order valence-corrected chi connectivity index (χ0v) is 15.9. The van der Waals surface area contributed by atoms with E-state index in [1.165, 1.54) is 0 Å². The van der Waals surface area contributed by atoms with E-state index in [2.05, 4.69) is 10.6 Å². The molecule has 7 nitrogen and oxygen atoms in total. The van der Waals surface area contributed by atoms with Crippen LogP contribution in [0.4, 0.5) is 0 Å². The molecule has 0 bridgehead atoms. The molecule has 2 atom stereocenters. The summed E-state index contributed by atoms with van der Waals surface area (Å²) >= 11 is 0. The van der Waals surface area contributed by atoms with Crippen molar-refractivity contribution < 1.29 is 19.1 Å². The van der Waals surface area contributed by atoms with Gasteiger partial charge in [0, 0.05) is 19.6 Å². The highest BCUT2D eigenvalue weighted by Crippen LogP contribution is 2.26. The van der Waals surface area contributed by atoms with Gasteiger partial charge in [-0.2, -0.15) is 0 Å². The molecule has 3 rings (SSSR count). The number of benzene rings is 1. The van der Waals surface area contributed by atoms with Gasteiger partial charge >= 0.3 is 0 Å². The van der Waals surface area contributed by atoms with Gasteiger partial charge in [-0.3, -0.25) is 9.59 Å². The van der Waals surface area contributed by atoms with Crippen LogP contribution in [-0.4, -0.2) is 62.7 Å². The third kappa shape index (κ3) is 5.35. The Morgan fingerprint density at radius 3 is 2.78 bits per heavy atom. The lowest BCUT2D eigenvalue weighted by Crippen LogP contribution is -2.47. The van der Waals surface area contributed by atoms with E-state index < -0.39 is 0 Å². The molecule has 27 heavy (non-hydrogen) atoms. The molecule has 2 N–H and O–H groups in total. The Morgan fingerprint density at radius 2 is 2.04 bits per heavy atom. The Hall–Kier alpha value is -2.28. The second-order valence-electron chi connectivity index (χ2n) is 7.18. The summed E-state index contributed by atoms with van der Waals surface area (Å²) in [5.41, 5.74) is 0. The molecule has 0 aromatic heterocycles. The molecule has 148 valence electrons. The predicted molar refractivity (Wildman–Crippen MR) is 102 cm³/mol. The molecule has 2 aliphatic heterocycles. The van der Waals surface area contributed by atoms with Crippen molar-refractivity contribution in [2.24, 2.45) is 5.92 Å². The molecule has 2 saturated heterocycles. The molecule has 2 fully saturated rings. The minimum absolute atomic E-state index is 0.00849. The minimum Gasteiger partial charge on any atom is -0.493 e. The molecular weight excluding hydrogens is 346 g/mol. The van der Waals surface area contributed by atoms with Gasteiger partial charge in [0.15, 0.2) is 18.1 Å². The summed E-state index contributed by atoms with van der Waals surface area (Å²) in [7, 11) is 1.58. The van der Waals surface area contributed by atoms with E-state index in [0.717, 1.165) is 38.8 Å². The second-order valence-corrected chi connectivity index (χ2v) is 7.18. The Kier molecular flexibility index (Phi) is 6.92. The molecule has 1 aromatic carbocycles. The Bertz CT molecular complexity index is 646. The van der Waals surface area contributed by atoms with Crippen LogP contribution in [0.3, 0.4) is 0 Å². The zero-order valence-electron chi connectivity index (χ0n) is 15.9. The maximum absolute atomic E-state index is 12.5. The van der Waals surface area contributed by atoms with Crippen LogP contribution in [0.15, 0.2) is 24.3 Å². The fourth-order valence-corrected chi connectivity index (χ4v) is 3.70. The SMILES string of the molecule is COc1ccccc1OCC(=O)N1CCCC(CNC(=O)C2CCCN2)C1. The number of para-hydroxylation sites is 2.